The summed E-state index contributed by atoms with van der Waals surface area (Å²) in [5.74, 6) is 0.286. The van der Waals surface area contributed by atoms with Crippen LogP contribution in [0.25, 0.3) is 22.0 Å². The second-order valence-electron chi connectivity index (χ2n) is 6.98. The average molecular weight is 394 g/mol. The minimum absolute atomic E-state index is 0.154. The highest BCUT2D eigenvalue weighted by Gasteiger charge is 2.19. The Morgan fingerprint density at radius 2 is 1.93 bits per heavy atom. The first kappa shape index (κ1) is 18.9. The molecule has 5 N–H and O–H groups in total. The molecule has 0 spiro atoms. The lowest BCUT2D eigenvalue weighted by atomic mass is 9.99. The fraction of sp³-hybridized carbons (Fsp3) is 0.300. The predicted octanol–water partition coefficient (Wildman–Crippen LogP) is 2.89. The van der Waals surface area contributed by atoms with Crippen molar-refractivity contribution in [1.29, 1.82) is 0 Å². The van der Waals surface area contributed by atoms with Crippen molar-refractivity contribution in [2.75, 3.05) is 30.0 Å². The number of nitrogens with zero attached hydrogens (tertiary/aromatic N) is 3. The van der Waals surface area contributed by atoms with Crippen molar-refractivity contribution in [3.8, 4) is 11.1 Å². The molecule has 1 aromatic carbocycles. The zero-order valence-electron chi connectivity index (χ0n) is 16.0. The number of carbonyl (C=O) groups excluding carboxylic acids is 1. The number of anilines is 3. The van der Waals surface area contributed by atoms with Crippen LogP contribution < -0.4 is 16.8 Å². The molecule has 0 unspecified atom stereocenters. The Morgan fingerprint density at radius 1 is 1.14 bits per heavy atom. The highest BCUT2D eigenvalue weighted by molar-refractivity contribution is 5.96. The van der Waals surface area contributed by atoms with Gasteiger partial charge in [-0.25, -0.2) is 4.79 Å². The molecule has 3 aromatic rings. The summed E-state index contributed by atoms with van der Waals surface area (Å²) in [6.45, 7) is 3.11. The molecule has 2 aromatic heterocycles. The van der Waals surface area contributed by atoms with E-state index >= 15 is 0 Å². The Bertz CT molecular complexity index is 1070. The van der Waals surface area contributed by atoms with Crippen LogP contribution in [0.2, 0.25) is 0 Å². The van der Waals surface area contributed by atoms with Gasteiger partial charge in [0.2, 0.25) is 0 Å². The molecule has 1 fully saturated rings. The molecule has 0 aliphatic carbocycles. The number of nitrogens with two attached hydrogens (primary N) is 2. The molecule has 1 amide bonds. The van der Waals surface area contributed by atoms with Crippen molar-refractivity contribution >= 4 is 34.2 Å². The number of ether oxygens (including phenoxy) is 2. The molecule has 1 saturated heterocycles. The van der Waals surface area contributed by atoms with Gasteiger partial charge in [0.25, 0.3) is 0 Å². The Kier molecular flexibility index (Phi) is 5.13. The van der Waals surface area contributed by atoms with E-state index in [0.29, 0.717) is 42.9 Å². The predicted molar refractivity (Wildman–Crippen MR) is 110 cm³/mol. The number of pyridine rings is 1. The third-order valence-electron chi connectivity index (χ3n) is 4.96. The summed E-state index contributed by atoms with van der Waals surface area (Å²) < 4.78 is 10.7. The van der Waals surface area contributed by atoms with Gasteiger partial charge < -0.3 is 20.9 Å². The molecule has 9 heteroatoms. The summed E-state index contributed by atoms with van der Waals surface area (Å²) in [5, 5.41) is 11.6. The van der Waals surface area contributed by atoms with E-state index in [1.54, 1.807) is 18.5 Å². The number of nitrogen functional groups attached to an aromatic ring is 2. The fourth-order valence-corrected chi connectivity index (χ4v) is 3.31. The van der Waals surface area contributed by atoms with Crippen molar-refractivity contribution in [3.05, 3.63) is 36.2 Å². The lowest BCUT2D eigenvalue weighted by Crippen LogP contribution is -2.28. The smallest absolute Gasteiger partial charge is 0.413 e. The maximum Gasteiger partial charge on any atom is 0.413 e. The number of aromatic nitrogens is 3. The summed E-state index contributed by atoms with van der Waals surface area (Å²) in [5.41, 5.74) is 16.4. The van der Waals surface area contributed by atoms with Crippen LogP contribution >= 0.6 is 0 Å². The third-order valence-corrected chi connectivity index (χ3v) is 4.96. The lowest BCUT2D eigenvalue weighted by Gasteiger charge is -2.22. The summed E-state index contributed by atoms with van der Waals surface area (Å²) in [6.07, 6.45) is 4.00. The Morgan fingerprint density at radius 3 is 2.72 bits per heavy atom. The summed E-state index contributed by atoms with van der Waals surface area (Å²) >= 11 is 0. The van der Waals surface area contributed by atoms with Gasteiger partial charge in [-0.2, -0.15) is 0 Å². The summed E-state index contributed by atoms with van der Waals surface area (Å²) in [6, 6.07) is 5.44. The molecule has 1 aliphatic heterocycles. The van der Waals surface area contributed by atoms with E-state index in [9.17, 15) is 4.79 Å². The number of hydrogen-bond donors (Lipinski definition) is 3. The maximum atomic E-state index is 12.2. The van der Waals surface area contributed by atoms with E-state index < -0.39 is 6.09 Å². The molecular weight excluding hydrogens is 372 g/mol. The van der Waals surface area contributed by atoms with Crippen LogP contribution in [0.5, 0.6) is 0 Å². The number of fused-ring (bicyclic) bond motifs is 1. The van der Waals surface area contributed by atoms with Crippen LogP contribution in [0.3, 0.4) is 0 Å². The van der Waals surface area contributed by atoms with Crippen LogP contribution in [0.1, 0.15) is 18.4 Å². The van der Waals surface area contributed by atoms with Gasteiger partial charge in [-0.3, -0.25) is 10.3 Å². The minimum Gasteiger partial charge on any atom is -0.446 e. The van der Waals surface area contributed by atoms with Crippen LogP contribution in [-0.4, -0.2) is 40.6 Å². The van der Waals surface area contributed by atoms with Gasteiger partial charge in [-0.05, 0) is 36.2 Å². The number of carbonyl (C=O) groups is 1. The van der Waals surface area contributed by atoms with Crippen molar-refractivity contribution in [2.45, 2.75) is 25.9 Å². The van der Waals surface area contributed by atoms with Gasteiger partial charge in [0.05, 0.1) is 30.8 Å². The van der Waals surface area contributed by atoms with E-state index in [4.69, 9.17) is 20.9 Å². The monoisotopic (exact) mass is 394 g/mol. The van der Waals surface area contributed by atoms with Crippen molar-refractivity contribution in [2.24, 2.45) is 0 Å². The zero-order valence-corrected chi connectivity index (χ0v) is 16.0. The molecule has 0 saturated carbocycles. The van der Waals surface area contributed by atoms with Gasteiger partial charge in [-0.1, -0.05) is 0 Å². The SMILES string of the molecule is Cc1c(N)cncc1-c1cc(N)c2nnc(NC(=O)OC3CCOCC3)cc2c1. The van der Waals surface area contributed by atoms with Crippen molar-refractivity contribution in [1.82, 2.24) is 15.2 Å². The molecule has 4 rings (SSSR count). The lowest BCUT2D eigenvalue weighted by molar-refractivity contribution is 0.00590. The molecule has 1 aliphatic rings. The van der Waals surface area contributed by atoms with Gasteiger partial charge in [0.15, 0.2) is 5.82 Å². The topological polar surface area (TPSA) is 138 Å². The summed E-state index contributed by atoms with van der Waals surface area (Å²) in [4.78, 5) is 16.3. The maximum absolute atomic E-state index is 12.2. The molecule has 3 heterocycles. The number of hydrogen-bond acceptors (Lipinski definition) is 8. The highest BCUT2D eigenvalue weighted by Crippen LogP contribution is 2.32. The number of amides is 1. The molecular formula is C20H22N6O3. The Hall–Kier alpha value is -3.46. The van der Waals surface area contributed by atoms with E-state index in [-0.39, 0.29) is 11.9 Å². The first-order chi connectivity index (χ1) is 14.0. The molecule has 0 radical (unpaired) electrons. The zero-order chi connectivity index (χ0) is 20.4. The summed E-state index contributed by atoms with van der Waals surface area (Å²) in [7, 11) is 0. The first-order valence-corrected chi connectivity index (χ1v) is 9.34. The van der Waals surface area contributed by atoms with E-state index in [2.05, 4.69) is 20.5 Å². The van der Waals surface area contributed by atoms with Gasteiger partial charge in [0, 0.05) is 30.0 Å². The fourth-order valence-electron chi connectivity index (χ4n) is 3.31. The average Bonchev–Trinajstić information content (AvgIpc) is 2.70. The van der Waals surface area contributed by atoms with Crippen LogP contribution in [-0.2, 0) is 9.47 Å². The van der Waals surface area contributed by atoms with Crippen LogP contribution in [0.15, 0.2) is 30.6 Å². The quantitative estimate of drug-likeness (QED) is 0.576. The van der Waals surface area contributed by atoms with Crippen LogP contribution in [0.4, 0.5) is 22.0 Å². The van der Waals surface area contributed by atoms with Crippen molar-refractivity contribution < 1.29 is 14.3 Å². The molecule has 29 heavy (non-hydrogen) atoms. The second-order valence-corrected chi connectivity index (χ2v) is 6.98. The van der Waals surface area contributed by atoms with Crippen LogP contribution in [0, 0.1) is 6.92 Å². The molecule has 0 bridgehead atoms. The Labute approximate surface area is 167 Å². The van der Waals surface area contributed by atoms with Crippen molar-refractivity contribution in [3.63, 3.8) is 0 Å². The third kappa shape index (κ3) is 4.04. The largest absolute Gasteiger partial charge is 0.446 e. The molecule has 150 valence electrons. The number of benzene rings is 1. The highest BCUT2D eigenvalue weighted by atomic mass is 16.6. The molecule has 9 nitrogen and oxygen atoms in total. The number of nitrogens with one attached hydrogen (secondary N) is 1. The molecule has 0 atom stereocenters. The first-order valence-electron chi connectivity index (χ1n) is 9.34. The standard InChI is InChI=1S/C20H22N6O3/c1-11-15(9-23-10-17(11)22)12-6-13-8-18(25-26-19(13)16(21)7-12)24-20(27)29-14-2-4-28-5-3-14/h6-10,14H,2-5,21-22H2,1H3,(H,24,25,27). The van der Waals surface area contributed by atoms with Gasteiger partial charge in [0.1, 0.15) is 11.6 Å². The van der Waals surface area contributed by atoms with E-state index in [0.717, 1.165) is 22.1 Å². The minimum atomic E-state index is -0.564. The Balaban J connectivity index is 1.60. The van der Waals surface area contributed by atoms with Gasteiger partial charge in [-0.15, -0.1) is 10.2 Å². The number of rotatable bonds is 3. The second kappa shape index (κ2) is 7.88. The van der Waals surface area contributed by atoms with Gasteiger partial charge >= 0.3 is 6.09 Å². The van der Waals surface area contributed by atoms with E-state index in [1.807, 2.05) is 19.1 Å². The van der Waals surface area contributed by atoms with E-state index in [1.165, 1.54) is 0 Å². The normalized spacial score (nSPS) is 14.7.